The van der Waals surface area contributed by atoms with Crippen LogP contribution in [0.25, 0.3) is 27.5 Å². The minimum Gasteiger partial charge on any atom is -0.505 e. The van der Waals surface area contributed by atoms with Gasteiger partial charge < -0.3 is 20.1 Å². The Hall–Kier alpha value is -6.39. The maximum Gasteiger partial charge on any atom is 0.297 e. The highest BCUT2D eigenvalue weighted by molar-refractivity contribution is 8.01. The van der Waals surface area contributed by atoms with Gasteiger partial charge in [0.05, 0.1) is 58.9 Å². The molecular formula is C38H35N11O16S6. The van der Waals surface area contributed by atoms with Crippen LogP contribution in [0.5, 0.6) is 17.4 Å². The van der Waals surface area contributed by atoms with Crippen LogP contribution in [-0.4, -0.2) is 110 Å². The minimum atomic E-state index is -5.22. The summed E-state index contributed by atoms with van der Waals surface area (Å²) in [5.74, 6) is -1.42. The maximum atomic E-state index is 13.1. The van der Waals surface area contributed by atoms with Crippen molar-refractivity contribution in [3.8, 4) is 23.4 Å². The molecule has 0 spiro atoms. The normalized spacial score (nSPS) is 12.4. The first-order valence-electron chi connectivity index (χ1n) is 19.5. The van der Waals surface area contributed by atoms with Crippen LogP contribution in [-0.2, 0) is 39.7 Å². The number of nitrogens with zero attached hydrogens (tertiary/aromatic N) is 11. The Kier molecular flexibility index (Phi) is 17.3. The number of imidazole rings is 1. The molecule has 0 unspecified atom stereocenters. The molecule has 0 radical (unpaired) electrons. The molecular weight excluding hydrogens is 1060 g/mol. The fraction of sp³-hybridized carbons (Fsp3) is 0.211. The number of azo groups is 3. The second kappa shape index (κ2) is 22.8. The number of aliphatic hydroxyl groups is 1. The Labute approximate surface area is 413 Å². The summed E-state index contributed by atoms with van der Waals surface area (Å²) in [4.78, 5) is 3.34. The van der Waals surface area contributed by atoms with E-state index in [-0.39, 0.29) is 97.7 Å². The number of fused-ring (bicyclic) bond motifs is 4. The lowest BCUT2D eigenvalue weighted by Gasteiger charge is -2.13. The van der Waals surface area contributed by atoms with Crippen molar-refractivity contribution in [2.24, 2.45) is 30.7 Å². The van der Waals surface area contributed by atoms with Gasteiger partial charge in [0.1, 0.15) is 39.3 Å². The number of aliphatic hydroxyl groups excluding tert-OH is 1. The summed E-state index contributed by atoms with van der Waals surface area (Å²) in [6, 6.07) is 15.1. The Morgan fingerprint density at radius 2 is 1.55 bits per heavy atom. The van der Waals surface area contributed by atoms with Crippen LogP contribution < -0.4 is 4.74 Å². The van der Waals surface area contributed by atoms with Crippen LogP contribution >= 0.6 is 35.1 Å². The second-order valence-corrected chi connectivity index (χ2v) is 21.6. The number of phenols is 1. The summed E-state index contributed by atoms with van der Waals surface area (Å²) in [6.45, 7) is 2.83. The number of hydrogen-bond donors (Lipinski definition) is 7. The quantitative estimate of drug-likeness (QED) is 0.00804. The standard InChI is InChI=1S/C37H31N11O13S5.CH4O3S/c1-18-14-26(28(59-11-5-13-65(53,54)55)16-25(18)41-45-36-46-47-37(63-36)62-12-10-49)42-44-31-29(64-61-60-52)15-21-20(32(31)50)8-9-24(33(21)66(56,57)58)40-43-30-19(2)22(17-38)34-39-23-6-3-4-7-27(23)48(34)35(30)51;1-5(2,3)4/h3-4,6-9,14-16,49-52H,5,10-13H2,1-2H3,(H,53,54,55)(H,56,57,58);1H3,(H,2,3,4). The predicted octanol–water partition coefficient (Wildman–Crippen LogP) is 8.56. The molecule has 0 fully saturated rings. The Morgan fingerprint density at radius 1 is 0.859 bits per heavy atom. The molecule has 27 nitrogen and oxygen atoms in total. The van der Waals surface area contributed by atoms with Crippen LogP contribution in [0.15, 0.2) is 99.4 Å². The number of nitriles is 1. The van der Waals surface area contributed by atoms with E-state index in [1.54, 1.807) is 31.2 Å². The minimum absolute atomic E-state index is 0.000971. The summed E-state index contributed by atoms with van der Waals surface area (Å²) in [5, 5.41) is 87.5. The van der Waals surface area contributed by atoms with E-state index in [1.807, 2.05) is 6.07 Å². The van der Waals surface area contributed by atoms with Gasteiger partial charge >= 0.3 is 0 Å². The van der Waals surface area contributed by atoms with E-state index in [9.17, 15) is 49.8 Å². The number of pyridine rings is 1. The van der Waals surface area contributed by atoms with Crippen molar-refractivity contribution in [2.45, 2.75) is 34.4 Å². The summed E-state index contributed by atoms with van der Waals surface area (Å²) in [7, 11) is -13.2. The highest BCUT2D eigenvalue weighted by Gasteiger charge is 2.26. The summed E-state index contributed by atoms with van der Waals surface area (Å²) >= 11 is 2.65. The summed E-state index contributed by atoms with van der Waals surface area (Å²) in [6.07, 6.45) is 0.577. The van der Waals surface area contributed by atoms with E-state index in [2.05, 4.69) is 55.2 Å². The van der Waals surface area contributed by atoms with Gasteiger partial charge in [-0.05, 0) is 62.2 Å². The number of rotatable bonds is 18. The fourth-order valence-electron chi connectivity index (χ4n) is 6.29. The largest absolute Gasteiger partial charge is 0.505 e. The zero-order valence-corrected chi connectivity index (χ0v) is 41.3. The van der Waals surface area contributed by atoms with Crippen molar-refractivity contribution in [2.75, 3.05) is 31.0 Å². The molecule has 0 bridgehead atoms. The average Bonchev–Trinajstić information content (AvgIpc) is 3.92. The average molecular weight is 1090 g/mol. The lowest BCUT2D eigenvalue weighted by Crippen LogP contribution is -2.08. The number of ether oxygens (including phenoxy) is 1. The van der Waals surface area contributed by atoms with Crippen molar-refractivity contribution < 1.29 is 73.6 Å². The fourth-order valence-corrected chi connectivity index (χ4v) is 9.55. The predicted molar refractivity (Wildman–Crippen MR) is 255 cm³/mol. The van der Waals surface area contributed by atoms with E-state index >= 15 is 0 Å². The Bertz CT molecular complexity index is 3650. The van der Waals surface area contributed by atoms with Gasteiger partial charge in [0.2, 0.25) is 5.88 Å². The molecule has 0 aliphatic heterocycles. The molecule has 0 saturated carbocycles. The first-order valence-corrected chi connectivity index (χ1v) is 26.9. The molecule has 3 aromatic heterocycles. The highest BCUT2D eigenvalue weighted by Crippen LogP contribution is 2.48. The summed E-state index contributed by atoms with van der Waals surface area (Å²) < 4.78 is 107. The van der Waals surface area contributed by atoms with Crippen LogP contribution in [0.4, 0.5) is 33.6 Å². The van der Waals surface area contributed by atoms with Crippen molar-refractivity contribution >= 4 is 127 Å². The maximum absolute atomic E-state index is 13.1. The van der Waals surface area contributed by atoms with Crippen LogP contribution in [0, 0.1) is 25.2 Å². The molecule has 0 amide bonds. The SMILES string of the molecule is CS(=O)(=O)O.Cc1cc(N=Nc2c(SOOO)cc3c(S(=O)(=O)O)c(N=Nc4c(C)c(C#N)c5nc6ccccc6n5c4O)ccc3c2O)c(OCCCS(=O)(=O)O)cc1N=Nc1nnc(SCCO)s1. The van der Waals surface area contributed by atoms with Crippen molar-refractivity contribution in [1.82, 2.24) is 19.6 Å². The topological polar surface area (TPSA) is 413 Å². The molecule has 4 aromatic carbocycles. The lowest BCUT2D eigenvalue weighted by molar-refractivity contribution is -0.432. The zero-order valence-electron chi connectivity index (χ0n) is 36.4. The summed E-state index contributed by atoms with van der Waals surface area (Å²) in [5.41, 5.74) is 0.900. The van der Waals surface area contributed by atoms with Crippen LogP contribution in [0.1, 0.15) is 23.1 Å². The van der Waals surface area contributed by atoms with E-state index < -0.39 is 58.3 Å². The van der Waals surface area contributed by atoms with Gasteiger partial charge in [-0.25, -0.2) is 10.2 Å². The number of benzene rings is 4. The molecule has 374 valence electrons. The van der Waals surface area contributed by atoms with E-state index in [0.717, 1.165) is 23.5 Å². The third kappa shape index (κ3) is 13.5. The first kappa shape index (κ1) is 54.0. The molecule has 33 heteroatoms. The van der Waals surface area contributed by atoms with Crippen LogP contribution in [0.2, 0.25) is 0 Å². The Morgan fingerprint density at radius 3 is 2.23 bits per heavy atom. The number of aromatic nitrogens is 4. The van der Waals surface area contributed by atoms with Gasteiger partial charge in [-0.3, -0.25) is 18.1 Å². The van der Waals surface area contributed by atoms with Gasteiger partial charge in [0.25, 0.3) is 35.5 Å². The van der Waals surface area contributed by atoms with Crippen molar-refractivity contribution in [1.29, 1.82) is 5.26 Å². The molecule has 3 heterocycles. The van der Waals surface area contributed by atoms with Crippen molar-refractivity contribution in [3.05, 3.63) is 71.3 Å². The number of para-hydroxylation sites is 2. The van der Waals surface area contributed by atoms with Gasteiger partial charge in [-0.2, -0.15) is 30.5 Å². The van der Waals surface area contributed by atoms with Gasteiger partial charge in [0.15, 0.2) is 21.4 Å². The molecule has 0 saturated heterocycles. The molecule has 7 rings (SSSR count). The smallest absolute Gasteiger partial charge is 0.297 e. The molecule has 0 aliphatic rings. The lowest BCUT2D eigenvalue weighted by atomic mass is 10.1. The number of thioether (sulfide) groups is 1. The molecule has 0 aliphatic carbocycles. The third-order valence-electron chi connectivity index (χ3n) is 9.18. The second-order valence-electron chi connectivity index (χ2n) is 14.2. The van der Waals surface area contributed by atoms with E-state index in [0.29, 0.717) is 32.9 Å². The zero-order chi connectivity index (χ0) is 51.8. The monoisotopic (exact) mass is 1090 g/mol. The number of aromatic hydroxyl groups is 2. The van der Waals surface area contributed by atoms with Crippen LogP contribution in [0.3, 0.4) is 0 Å². The third-order valence-corrected chi connectivity index (χ3v) is 13.5. The molecule has 71 heavy (non-hydrogen) atoms. The molecule has 7 N–H and O–H groups in total. The number of phenolic OH excluding ortho intramolecular Hbond substituents is 1. The molecule has 7 aromatic rings. The van der Waals surface area contributed by atoms with Gasteiger partial charge in [-0.15, -0.1) is 45.2 Å². The molecule has 0 atom stereocenters. The number of aryl methyl sites for hydroxylation is 1. The van der Waals surface area contributed by atoms with Crippen molar-refractivity contribution in [3.63, 3.8) is 0 Å². The van der Waals surface area contributed by atoms with Gasteiger partial charge in [-0.1, -0.05) is 40.3 Å². The first-order chi connectivity index (χ1) is 33.5. The Balaban J connectivity index is 0.00000157. The van der Waals surface area contributed by atoms with E-state index in [4.69, 9.17) is 19.7 Å². The van der Waals surface area contributed by atoms with E-state index in [1.165, 1.54) is 41.3 Å². The highest BCUT2D eigenvalue weighted by atomic mass is 32.2. The van der Waals surface area contributed by atoms with Gasteiger partial charge in [0, 0.05) is 28.2 Å². The number of hydrogen-bond acceptors (Lipinski definition) is 26.